The lowest BCUT2D eigenvalue weighted by molar-refractivity contribution is -0.286. The number of aliphatic hydroxyl groups is 2. The molecule has 3 rings (SSSR count). The van der Waals surface area contributed by atoms with Gasteiger partial charge in [-0.2, -0.15) is 0 Å². The zero-order valence-electron chi connectivity index (χ0n) is 34.4. The topological polar surface area (TPSA) is 184 Å². The predicted octanol–water partition coefficient (Wildman–Crippen LogP) is 7.20. The lowest BCUT2D eigenvalue weighted by atomic mass is 9.93. The molecule has 1 saturated carbocycles. The highest BCUT2D eigenvalue weighted by atomic mass is 33.1. The van der Waals surface area contributed by atoms with Gasteiger partial charge in [0, 0.05) is 16.9 Å². The Balaban J connectivity index is 1.46. The summed E-state index contributed by atoms with van der Waals surface area (Å²) in [6.45, 7) is 4.29. The van der Waals surface area contributed by atoms with E-state index >= 15 is 0 Å². The fourth-order valence-electron chi connectivity index (χ4n) is 5.87. The van der Waals surface area contributed by atoms with Gasteiger partial charge in [0.1, 0.15) is 12.1 Å². The van der Waals surface area contributed by atoms with Gasteiger partial charge in [-0.1, -0.05) is 107 Å². The fourth-order valence-corrected chi connectivity index (χ4v) is 8.68. The Labute approximate surface area is 359 Å². The number of fused-ring (bicyclic) bond motifs is 1. The fraction of sp³-hybridized carbons (Fsp3) is 0.500. The molecule has 1 aliphatic carbocycles. The van der Waals surface area contributed by atoms with Gasteiger partial charge in [0.2, 0.25) is 17.7 Å². The maximum Gasteiger partial charge on any atom is 0.586 e. The average Bonchev–Trinajstić information content (AvgIpc) is 3.95. The van der Waals surface area contributed by atoms with E-state index in [-0.39, 0.29) is 23.7 Å². The lowest BCUT2D eigenvalue weighted by Crippen LogP contribution is -2.60. The standard InChI is InChI=1S/C44H59F2N3O9S2/c1-4-5-6-7-8-9-10-11-12-13-14-15-16-17-18-19-20-21-22-23-37(52)48-34(40(54)55)31-59-60-42(2,3)38(39(53)47-33(29-50)30-51)49-41(56)43(26-27-43)32-24-25-35-36(28-32)58-44(45,46)57-35/h5-6,8-9,11-12,14-15,17-18,20-21,24-25,28,33-34,38,50-51H,4,7,10,13,16,19,22-23,26-27,29-31H2,1-3H3,(H,47,53)(H,48,52)(H,49,56)(H,54,55)/b6-5-,9-8-,12-11-,15-14-,18-17-,21-20-/t34-,38+/m0/s1. The molecule has 0 aromatic heterocycles. The number of hydrogen-bond donors (Lipinski definition) is 6. The molecule has 0 unspecified atom stereocenters. The molecule has 1 aromatic carbocycles. The third kappa shape index (κ3) is 16.9. The summed E-state index contributed by atoms with van der Waals surface area (Å²) in [6.07, 6.45) is 27.9. The first-order valence-corrected chi connectivity index (χ1v) is 22.5. The molecular weight excluding hydrogens is 817 g/mol. The van der Waals surface area contributed by atoms with Gasteiger partial charge in [-0.05, 0) is 89.3 Å². The minimum atomic E-state index is -3.84. The summed E-state index contributed by atoms with van der Waals surface area (Å²) in [5.41, 5.74) is -0.747. The zero-order valence-corrected chi connectivity index (χ0v) is 36.1. The van der Waals surface area contributed by atoms with E-state index in [1.54, 1.807) is 13.8 Å². The van der Waals surface area contributed by atoms with Crippen LogP contribution in [0.25, 0.3) is 0 Å². The van der Waals surface area contributed by atoms with E-state index in [4.69, 9.17) is 0 Å². The predicted molar refractivity (Wildman–Crippen MR) is 233 cm³/mol. The Bertz CT molecular complexity index is 1760. The molecule has 2 atom stereocenters. The van der Waals surface area contributed by atoms with Gasteiger partial charge in [0.25, 0.3) is 0 Å². The highest BCUT2D eigenvalue weighted by Gasteiger charge is 2.54. The first-order chi connectivity index (χ1) is 28.7. The van der Waals surface area contributed by atoms with Crippen LogP contribution in [0.15, 0.2) is 91.1 Å². The molecule has 1 aliphatic heterocycles. The van der Waals surface area contributed by atoms with Gasteiger partial charge >= 0.3 is 12.3 Å². The number of allylic oxidation sites excluding steroid dienone is 12. The van der Waals surface area contributed by atoms with Crippen LogP contribution in [-0.4, -0.2) is 87.1 Å². The summed E-state index contributed by atoms with van der Waals surface area (Å²) < 4.78 is 35.3. The van der Waals surface area contributed by atoms with Gasteiger partial charge in [0.05, 0.1) is 24.7 Å². The monoisotopic (exact) mass is 875 g/mol. The number of carbonyl (C=O) groups is 4. The largest absolute Gasteiger partial charge is 0.586 e. The summed E-state index contributed by atoms with van der Waals surface area (Å²) in [7, 11) is 2.19. The Hall–Kier alpha value is -4.38. The molecular formula is C44H59F2N3O9S2. The molecule has 6 N–H and O–H groups in total. The van der Waals surface area contributed by atoms with Crippen molar-refractivity contribution in [1.82, 2.24) is 16.0 Å². The third-order valence-corrected chi connectivity index (χ3v) is 12.7. The van der Waals surface area contributed by atoms with Crippen LogP contribution in [0.3, 0.4) is 0 Å². The number of halogens is 2. The van der Waals surface area contributed by atoms with Gasteiger partial charge in [-0.15, -0.1) is 8.78 Å². The van der Waals surface area contributed by atoms with Crippen molar-refractivity contribution in [1.29, 1.82) is 0 Å². The van der Waals surface area contributed by atoms with Gasteiger partial charge in [-0.25, -0.2) is 4.79 Å². The van der Waals surface area contributed by atoms with Crippen LogP contribution in [0.1, 0.15) is 90.5 Å². The molecule has 1 aromatic rings. The zero-order chi connectivity index (χ0) is 44.0. The number of ether oxygens (including phenoxy) is 2. The molecule has 0 saturated heterocycles. The van der Waals surface area contributed by atoms with Crippen molar-refractivity contribution in [3.8, 4) is 11.5 Å². The molecule has 0 bridgehead atoms. The van der Waals surface area contributed by atoms with E-state index in [9.17, 15) is 43.3 Å². The molecule has 12 nitrogen and oxygen atoms in total. The first-order valence-electron chi connectivity index (χ1n) is 20.1. The Morgan fingerprint density at radius 3 is 1.85 bits per heavy atom. The maximum absolute atomic E-state index is 13.8. The normalized spacial score (nSPS) is 16.8. The number of rotatable bonds is 28. The van der Waals surface area contributed by atoms with Gasteiger partial charge < -0.3 is 40.7 Å². The van der Waals surface area contributed by atoms with E-state index in [0.29, 0.717) is 31.2 Å². The number of amides is 3. The Morgan fingerprint density at radius 2 is 1.33 bits per heavy atom. The van der Waals surface area contributed by atoms with Crippen molar-refractivity contribution in [2.75, 3.05) is 19.0 Å². The Kier molecular flexibility index (Phi) is 21.2. The second-order valence-electron chi connectivity index (χ2n) is 14.8. The molecule has 3 amide bonds. The molecule has 2 aliphatic rings. The number of aliphatic carboxylic acids is 1. The highest BCUT2D eigenvalue weighted by Crippen LogP contribution is 2.52. The number of hydrogen-bond acceptors (Lipinski definition) is 10. The van der Waals surface area contributed by atoms with Crippen molar-refractivity contribution in [2.45, 2.75) is 120 Å². The van der Waals surface area contributed by atoms with Crippen LogP contribution in [-0.2, 0) is 24.6 Å². The number of nitrogens with one attached hydrogen (secondary N) is 3. The summed E-state index contributed by atoms with van der Waals surface area (Å²) in [6, 6.07) is 0.562. The van der Waals surface area contributed by atoms with Crippen molar-refractivity contribution in [3.63, 3.8) is 0 Å². The number of carbonyl (C=O) groups excluding carboxylic acids is 3. The molecule has 0 radical (unpaired) electrons. The number of alkyl halides is 2. The van der Waals surface area contributed by atoms with Gasteiger partial charge in [-0.3, -0.25) is 14.4 Å². The molecule has 0 spiro atoms. The molecule has 330 valence electrons. The molecule has 60 heavy (non-hydrogen) atoms. The van der Waals surface area contributed by atoms with Crippen LogP contribution >= 0.6 is 21.6 Å². The molecule has 1 fully saturated rings. The summed E-state index contributed by atoms with van der Waals surface area (Å²) in [5.74, 6) is -3.41. The smallest absolute Gasteiger partial charge is 0.480 e. The van der Waals surface area contributed by atoms with E-state index in [1.165, 1.54) is 18.2 Å². The number of benzene rings is 1. The minimum Gasteiger partial charge on any atom is -0.480 e. The average molecular weight is 876 g/mol. The maximum atomic E-state index is 13.8. The summed E-state index contributed by atoms with van der Waals surface area (Å²) >= 11 is 0. The Morgan fingerprint density at radius 1 is 0.800 bits per heavy atom. The van der Waals surface area contributed by atoms with E-state index in [1.807, 2.05) is 18.2 Å². The third-order valence-electron chi connectivity index (χ3n) is 9.43. The molecule has 1 heterocycles. The minimum absolute atomic E-state index is 0.0704. The molecule has 16 heteroatoms. The van der Waals surface area contributed by atoms with Crippen LogP contribution in [0.5, 0.6) is 11.5 Å². The van der Waals surface area contributed by atoms with Crippen molar-refractivity contribution in [2.24, 2.45) is 0 Å². The van der Waals surface area contributed by atoms with Gasteiger partial charge in [0.15, 0.2) is 11.5 Å². The first kappa shape index (κ1) is 50.0. The van der Waals surface area contributed by atoms with E-state index in [0.717, 1.165) is 53.7 Å². The quantitative estimate of drug-likeness (QED) is 0.0370. The van der Waals surface area contributed by atoms with Crippen LogP contribution in [0.4, 0.5) is 8.78 Å². The van der Waals surface area contributed by atoms with Crippen LogP contribution in [0, 0.1) is 0 Å². The van der Waals surface area contributed by atoms with Crippen LogP contribution in [0.2, 0.25) is 0 Å². The number of aliphatic hydroxyl groups excluding tert-OH is 2. The van der Waals surface area contributed by atoms with E-state index < -0.39 is 71.5 Å². The van der Waals surface area contributed by atoms with Crippen molar-refractivity contribution < 1.29 is 52.8 Å². The summed E-state index contributed by atoms with van der Waals surface area (Å²) in [5, 5.41) is 36.9. The van der Waals surface area contributed by atoms with Crippen molar-refractivity contribution >= 4 is 45.3 Å². The second-order valence-corrected chi connectivity index (χ2v) is 17.8. The number of carboxylic acid groups (broad SMARTS) is 1. The highest BCUT2D eigenvalue weighted by molar-refractivity contribution is 8.77. The number of carboxylic acids is 1. The van der Waals surface area contributed by atoms with Crippen molar-refractivity contribution in [3.05, 3.63) is 96.7 Å². The van der Waals surface area contributed by atoms with E-state index in [2.05, 4.69) is 87.0 Å². The SMILES string of the molecule is CC/C=C\C/C=C\C/C=C\C/C=C\C/C=C\C/C=C\CCC(=O)N[C@@H](CSSC(C)(C)[C@H](NC(=O)C1(c2ccc3c(c2)OC(F)(F)O3)CC1)C(=O)NC(CO)CO)C(=O)O. The summed E-state index contributed by atoms with van der Waals surface area (Å²) in [4.78, 5) is 52.1. The second kappa shape index (κ2) is 25.4. The lowest BCUT2D eigenvalue weighted by Gasteiger charge is -2.35. The van der Waals surface area contributed by atoms with Crippen LogP contribution < -0.4 is 25.4 Å².